The molecule has 0 saturated carbocycles. The lowest BCUT2D eigenvalue weighted by Crippen LogP contribution is -2.11. The fraction of sp³-hybridized carbons (Fsp3) is 0. The number of carbonyl (C=O) groups excluding carboxylic acids is 1. The molecule has 0 aliphatic carbocycles. The molecule has 1 aromatic heterocycles. The van der Waals surface area contributed by atoms with Crippen molar-refractivity contribution in [3.8, 4) is 5.69 Å². The van der Waals surface area contributed by atoms with Gasteiger partial charge < -0.3 is 4.57 Å². The zero-order valence-corrected chi connectivity index (χ0v) is 11.7. The van der Waals surface area contributed by atoms with Crippen LogP contribution in [0, 0.1) is 0 Å². The Bertz CT molecular complexity index is 726. The van der Waals surface area contributed by atoms with E-state index in [9.17, 15) is 4.79 Å². The van der Waals surface area contributed by atoms with Crippen molar-refractivity contribution in [2.24, 2.45) is 5.10 Å². The number of hydrazone groups is 1. The van der Waals surface area contributed by atoms with E-state index in [-0.39, 0.29) is 5.91 Å². The predicted octanol–water partition coefficient (Wildman–Crippen LogP) is 3.28. The molecular weight excluding hydrogens is 297 g/mol. The fourth-order valence-corrected chi connectivity index (χ4v) is 2.49. The highest BCUT2D eigenvalue weighted by Crippen LogP contribution is 2.24. The number of nitrogens with zero attached hydrogens (tertiary/aromatic N) is 2. The van der Waals surface area contributed by atoms with Crippen molar-refractivity contribution >= 4 is 41.4 Å². The molecule has 6 heteroatoms. The Morgan fingerprint density at radius 1 is 1.20 bits per heavy atom. The number of nitrogens with one attached hydrogen (secondary N) is 1. The zero-order valence-electron chi connectivity index (χ0n) is 10.2. The quantitative estimate of drug-likeness (QED) is 0.850. The second kappa shape index (κ2) is 5.15. The van der Waals surface area contributed by atoms with E-state index >= 15 is 0 Å². The van der Waals surface area contributed by atoms with E-state index in [4.69, 9.17) is 23.2 Å². The van der Waals surface area contributed by atoms with E-state index in [1.54, 1.807) is 24.3 Å². The number of hydrogen-bond donors (Lipinski definition) is 1. The second-order valence-electron chi connectivity index (χ2n) is 4.23. The number of amides is 1. The number of carbonyl (C=O) groups is 1. The van der Waals surface area contributed by atoms with E-state index < -0.39 is 0 Å². The van der Waals surface area contributed by atoms with Gasteiger partial charge in [-0.05, 0) is 36.4 Å². The lowest BCUT2D eigenvalue weighted by molar-refractivity contribution is -0.116. The van der Waals surface area contributed by atoms with Crippen LogP contribution in [-0.4, -0.2) is 16.7 Å². The standard InChI is InChI=1S/C14H9Cl2N3O/c15-10-5-11(16)7-13(6-10)19-3-1-2-12(19)4-9-8-17-18-14(9)20/h1-8H,(H,18,20). The minimum absolute atomic E-state index is 0.220. The van der Waals surface area contributed by atoms with Gasteiger partial charge in [0.15, 0.2) is 0 Å². The van der Waals surface area contributed by atoms with Gasteiger partial charge in [0, 0.05) is 27.6 Å². The first-order valence-corrected chi connectivity index (χ1v) is 6.58. The van der Waals surface area contributed by atoms with Crippen LogP contribution < -0.4 is 5.43 Å². The molecule has 0 bridgehead atoms. The summed E-state index contributed by atoms with van der Waals surface area (Å²) in [7, 11) is 0. The summed E-state index contributed by atoms with van der Waals surface area (Å²) in [6.45, 7) is 0. The number of rotatable bonds is 2. The third kappa shape index (κ3) is 2.48. The molecule has 2 heterocycles. The molecule has 1 aliphatic rings. The van der Waals surface area contributed by atoms with E-state index in [1.807, 2.05) is 22.9 Å². The minimum Gasteiger partial charge on any atom is -0.317 e. The Balaban J connectivity index is 2.06. The van der Waals surface area contributed by atoms with Crippen molar-refractivity contribution in [3.05, 3.63) is 57.8 Å². The van der Waals surface area contributed by atoms with Crippen LogP contribution in [-0.2, 0) is 4.79 Å². The molecule has 4 nitrogen and oxygen atoms in total. The molecule has 2 aromatic rings. The van der Waals surface area contributed by atoms with Gasteiger partial charge in [0.25, 0.3) is 5.91 Å². The van der Waals surface area contributed by atoms with Crippen molar-refractivity contribution < 1.29 is 4.79 Å². The van der Waals surface area contributed by atoms with Crippen molar-refractivity contribution in [3.63, 3.8) is 0 Å². The highest BCUT2D eigenvalue weighted by Gasteiger charge is 2.13. The van der Waals surface area contributed by atoms with Gasteiger partial charge in [-0.15, -0.1) is 0 Å². The lowest BCUT2D eigenvalue weighted by atomic mass is 10.2. The Morgan fingerprint density at radius 2 is 1.95 bits per heavy atom. The smallest absolute Gasteiger partial charge is 0.273 e. The van der Waals surface area contributed by atoms with Crippen molar-refractivity contribution in [2.75, 3.05) is 0 Å². The van der Waals surface area contributed by atoms with Gasteiger partial charge in [-0.3, -0.25) is 4.79 Å². The first kappa shape index (κ1) is 13.0. The number of hydrogen-bond acceptors (Lipinski definition) is 2. The summed E-state index contributed by atoms with van der Waals surface area (Å²) < 4.78 is 1.89. The van der Waals surface area contributed by atoms with Gasteiger partial charge in [0.05, 0.1) is 11.8 Å². The molecular formula is C14H9Cl2N3O. The number of halogens is 2. The van der Waals surface area contributed by atoms with Crippen LogP contribution in [0.25, 0.3) is 11.8 Å². The summed E-state index contributed by atoms with van der Waals surface area (Å²) in [5, 5.41) is 4.82. The van der Waals surface area contributed by atoms with Crippen LogP contribution in [0.4, 0.5) is 0 Å². The average molecular weight is 306 g/mol. The molecule has 0 radical (unpaired) electrons. The van der Waals surface area contributed by atoms with Crippen LogP contribution in [0.15, 0.2) is 47.2 Å². The van der Waals surface area contributed by atoms with E-state index in [0.717, 1.165) is 11.4 Å². The Labute approximate surface area is 125 Å². The highest BCUT2D eigenvalue weighted by atomic mass is 35.5. The fourth-order valence-electron chi connectivity index (χ4n) is 1.97. The van der Waals surface area contributed by atoms with Gasteiger partial charge in [-0.25, -0.2) is 5.43 Å². The van der Waals surface area contributed by atoms with E-state index in [2.05, 4.69) is 10.5 Å². The summed E-state index contributed by atoms with van der Waals surface area (Å²) >= 11 is 12.0. The average Bonchev–Trinajstić information content (AvgIpc) is 2.99. The number of benzene rings is 1. The summed E-state index contributed by atoms with van der Waals surface area (Å²) in [6.07, 6.45) is 5.11. The Hall–Kier alpha value is -2.04. The van der Waals surface area contributed by atoms with E-state index in [0.29, 0.717) is 15.6 Å². The molecule has 0 unspecified atom stereocenters. The van der Waals surface area contributed by atoms with Crippen LogP contribution in [0.1, 0.15) is 5.69 Å². The molecule has 0 saturated heterocycles. The monoisotopic (exact) mass is 305 g/mol. The Morgan fingerprint density at radius 3 is 2.60 bits per heavy atom. The number of aromatic nitrogens is 1. The van der Waals surface area contributed by atoms with Gasteiger partial charge in [0.2, 0.25) is 0 Å². The maximum absolute atomic E-state index is 11.5. The summed E-state index contributed by atoms with van der Waals surface area (Å²) in [5.74, 6) is -0.220. The van der Waals surface area contributed by atoms with Crippen molar-refractivity contribution in [1.82, 2.24) is 9.99 Å². The summed E-state index contributed by atoms with van der Waals surface area (Å²) in [5.41, 5.74) is 4.53. The molecule has 20 heavy (non-hydrogen) atoms. The maximum Gasteiger partial charge on any atom is 0.273 e. The minimum atomic E-state index is -0.220. The van der Waals surface area contributed by atoms with Gasteiger partial charge in [-0.1, -0.05) is 23.2 Å². The molecule has 1 amide bonds. The zero-order chi connectivity index (χ0) is 14.1. The lowest BCUT2D eigenvalue weighted by Gasteiger charge is -2.08. The first-order chi connectivity index (χ1) is 9.63. The van der Waals surface area contributed by atoms with Gasteiger partial charge in [-0.2, -0.15) is 5.10 Å². The molecule has 1 aliphatic heterocycles. The van der Waals surface area contributed by atoms with Crippen LogP contribution in [0.5, 0.6) is 0 Å². The Kier molecular flexibility index (Phi) is 3.34. The summed E-state index contributed by atoms with van der Waals surface area (Å²) in [4.78, 5) is 11.5. The van der Waals surface area contributed by atoms with Crippen LogP contribution in [0.3, 0.4) is 0 Å². The molecule has 0 fully saturated rings. The molecule has 0 spiro atoms. The molecule has 3 rings (SSSR count). The second-order valence-corrected chi connectivity index (χ2v) is 5.10. The third-order valence-electron chi connectivity index (χ3n) is 2.84. The summed E-state index contributed by atoms with van der Waals surface area (Å²) in [6, 6.07) is 9.05. The van der Waals surface area contributed by atoms with Crippen LogP contribution in [0.2, 0.25) is 10.0 Å². The predicted molar refractivity (Wildman–Crippen MR) is 80.4 cm³/mol. The largest absolute Gasteiger partial charge is 0.317 e. The van der Waals surface area contributed by atoms with Gasteiger partial charge in [0.1, 0.15) is 0 Å². The normalized spacial score (nSPS) is 15.9. The molecule has 1 N–H and O–H groups in total. The first-order valence-electron chi connectivity index (χ1n) is 5.82. The molecule has 1 aromatic carbocycles. The SMILES string of the molecule is O=C1NN=CC1=Cc1cccn1-c1cc(Cl)cc(Cl)c1. The maximum atomic E-state index is 11.5. The molecule has 0 atom stereocenters. The van der Waals surface area contributed by atoms with E-state index in [1.165, 1.54) is 6.21 Å². The van der Waals surface area contributed by atoms with Gasteiger partial charge >= 0.3 is 0 Å². The topological polar surface area (TPSA) is 46.4 Å². The van der Waals surface area contributed by atoms with Crippen molar-refractivity contribution in [2.45, 2.75) is 0 Å². The van der Waals surface area contributed by atoms with Crippen LogP contribution >= 0.6 is 23.2 Å². The third-order valence-corrected chi connectivity index (χ3v) is 3.28. The highest BCUT2D eigenvalue weighted by molar-refractivity contribution is 6.34. The van der Waals surface area contributed by atoms with Crippen molar-refractivity contribution in [1.29, 1.82) is 0 Å². The molecule has 100 valence electrons.